The number of aliphatic carboxylic acids is 1. The molecule has 2 N–H and O–H groups in total. The maximum Gasteiger partial charge on any atom is 0.335 e. The largest absolute Gasteiger partial charge is 0.479 e. The van der Waals surface area contributed by atoms with Gasteiger partial charge in [0.05, 0.1) is 6.04 Å². The Labute approximate surface area is 135 Å². The van der Waals surface area contributed by atoms with Gasteiger partial charge in [0.2, 0.25) is 0 Å². The summed E-state index contributed by atoms with van der Waals surface area (Å²) in [7, 11) is 0. The van der Waals surface area contributed by atoms with E-state index in [-0.39, 0.29) is 37.9 Å². The smallest absolute Gasteiger partial charge is 0.335 e. The number of carbonyl (C=O) groups excluding carboxylic acids is 1. The lowest BCUT2D eigenvalue weighted by Gasteiger charge is -2.34. The number of carboxylic acid groups (broad SMARTS) is 1. The van der Waals surface area contributed by atoms with E-state index >= 15 is 0 Å². The Hall–Kier alpha value is -1.89. The fourth-order valence-corrected chi connectivity index (χ4v) is 3.05. The molecule has 1 aromatic heterocycles. The molecule has 0 aliphatic carbocycles. The first-order chi connectivity index (χ1) is 10.8. The van der Waals surface area contributed by atoms with Gasteiger partial charge in [-0.15, -0.1) is 0 Å². The molecule has 7 heteroatoms. The molecule has 0 radical (unpaired) electrons. The van der Waals surface area contributed by atoms with Crippen molar-refractivity contribution in [2.75, 3.05) is 13.1 Å². The van der Waals surface area contributed by atoms with Crippen LogP contribution in [0.5, 0.6) is 0 Å². The van der Waals surface area contributed by atoms with Crippen LogP contribution in [0.3, 0.4) is 0 Å². The van der Waals surface area contributed by atoms with Gasteiger partial charge in [-0.25, -0.2) is 4.79 Å². The van der Waals surface area contributed by atoms with E-state index in [9.17, 15) is 14.7 Å². The summed E-state index contributed by atoms with van der Waals surface area (Å²) >= 11 is 0. The van der Waals surface area contributed by atoms with Crippen LogP contribution in [0.15, 0.2) is 6.07 Å². The van der Waals surface area contributed by atoms with Crippen LogP contribution in [0.2, 0.25) is 0 Å². The van der Waals surface area contributed by atoms with Crippen molar-refractivity contribution in [1.82, 2.24) is 14.7 Å². The van der Waals surface area contributed by atoms with Crippen molar-refractivity contribution < 1.29 is 19.8 Å². The Morgan fingerprint density at radius 3 is 2.35 bits per heavy atom. The third kappa shape index (κ3) is 3.39. The highest BCUT2D eigenvalue weighted by atomic mass is 16.4. The first kappa shape index (κ1) is 17.5. The van der Waals surface area contributed by atoms with Gasteiger partial charge in [0.25, 0.3) is 5.91 Å². The molecule has 1 amide bonds. The van der Waals surface area contributed by atoms with Crippen molar-refractivity contribution in [1.29, 1.82) is 0 Å². The lowest BCUT2D eigenvalue weighted by Crippen LogP contribution is -2.50. The van der Waals surface area contributed by atoms with Gasteiger partial charge < -0.3 is 15.1 Å². The van der Waals surface area contributed by atoms with Gasteiger partial charge in [0.1, 0.15) is 0 Å². The summed E-state index contributed by atoms with van der Waals surface area (Å²) < 4.78 is 1.89. The second-order valence-electron chi connectivity index (χ2n) is 6.21. The highest BCUT2D eigenvalue weighted by Gasteiger charge is 2.40. The number of nitrogens with zero attached hydrogens (tertiary/aromatic N) is 3. The van der Waals surface area contributed by atoms with Gasteiger partial charge in [-0.2, -0.15) is 5.10 Å². The number of carboxylic acids is 1. The molecule has 1 aliphatic rings. The first-order valence-corrected chi connectivity index (χ1v) is 8.13. The highest BCUT2D eigenvalue weighted by molar-refractivity contribution is 5.92. The van der Waals surface area contributed by atoms with Gasteiger partial charge >= 0.3 is 5.97 Å². The molecular weight excluding hydrogens is 298 g/mol. The Bertz CT molecular complexity index is 584. The predicted molar refractivity (Wildman–Crippen MR) is 84.3 cm³/mol. The quantitative estimate of drug-likeness (QED) is 0.858. The van der Waals surface area contributed by atoms with E-state index in [4.69, 9.17) is 5.11 Å². The number of aryl methyl sites for hydroxylation is 1. The molecule has 1 aromatic rings. The first-order valence-electron chi connectivity index (χ1n) is 8.13. The number of aromatic nitrogens is 2. The van der Waals surface area contributed by atoms with Gasteiger partial charge in [0, 0.05) is 31.6 Å². The minimum Gasteiger partial charge on any atom is -0.479 e. The molecule has 0 unspecified atom stereocenters. The molecule has 0 aromatic carbocycles. The van der Waals surface area contributed by atoms with Gasteiger partial charge in [0.15, 0.2) is 11.3 Å². The zero-order valence-corrected chi connectivity index (χ0v) is 13.9. The summed E-state index contributed by atoms with van der Waals surface area (Å²) in [6, 6.07) is 2.05. The molecule has 0 saturated carbocycles. The van der Waals surface area contributed by atoms with E-state index in [1.54, 1.807) is 11.0 Å². The molecule has 0 atom stereocenters. The number of piperidine rings is 1. The minimum absolute atomic E-state index is 0.0420. The number of carbonyl (C=O) groups is 2. The summed E-state index contributed by atoms with van der Waals surface area (Å²) in [5.74, 6) is -1.43. The summed E-state index contributed by atoms with van der Waals surface area (Å²) in [4.78, 5) is 25.2. The predicted octanol–water partition coefficient (Wildman–Crippen LogP) is 1.60. The van der Waals surface area contributed by atoms with E-state index in [1.807, 2.05) is 11.6 Å². The molecule has 1 fully saturated rings. The van der Waals surface area contributed by atoms with Crippen molar-refractivity contribution in [3.63, 3.8) is 0 Å². The molecule has 0 spiro atoms. The number of hydrogen-bond acceptors (Lipinski definition) is 4. The van der Waals surface area contributed by atoms with Crippen LogP contribution in [0.1, 0.15) is 61.8 Å². The SMILES string of the molecule is CCC(CC)n1nc(C(=O)N2CCC(O)(C(=O)O)CC2)cc1C. The maximum absolute atomic E-state index is 12.6. The Morgan fingerprint density at radius 1 is 1.30 bits per heavy atom. The third-order valence-electron chi connectivity index (χ3n) is 4.71. The van der Waals surface area contributed by atoms with Gasteiger partial charge in [-0.1, -0.05) is 13.8 Å². The zero-order valence-electron chi connectivity index (χ0n) is 13.9. The van der Waals surface area contributed by atoms with Crippen molar-refractivity contribution in [3.8, 4) is 0 Å². The van der Waals surface area contributed by atoms with Crippen LogP contribution in [0, 0.1) is 6.92 Å². The normalized spacial score (nSPS) is 17.5. The molecule has 1 aliphatic heterocycles. The summed E-state index contributed by atoms with van der Waals surface area (Å²) in [6.07, 6.45) is 1.98. The number of amides is 1. The topological polar surface area (TPSA) is 95.7 Å². The average Bonchev–Trinajstić information content (AvgIpc) is 2.90. The van der Waals surface area contributed by atoms with Crippen molar-refractivity contribution >= 4 is 11.9 Å². The van der Waals surface area contributed by atoms with E-state index < -0.39 is 11.6 Å². The van der Waals surface area contributed by atoms with Crippen molar-refractivity contribution in [2.24, 2.45) is 0 Å². The van der Waals surface area contributed by atoms with Crippen LogP contribution in [-0.4, -0.2) is 55.5 Å². The Balaban J connectivity index is 2.10. The lowest BCUT2D eigenvalue weighted by molar-refractivity contribution is -0.162. The van der Waals surface area contributed by atoms with Crippen LogP contribution < -0.4 is 0 Å². The molecule has 23 heavy (non-hydrogen) atoms. The second kappa shape index (κ2) is 6.70. The standard InChI is InChI=1S/C16H25N3O4/c1-4-12(5-2)19-11(3)10-13(17-19)14(20)18-8-6-16(23,7-9-18)15(21)22/h10,12,23H,4-9H2,1-3H3,(H,21,22). The fourth-order valence-electron chi connectivity index (χ4n) is 3.05. The van der Waals surface area contributed by atoms with E-state index in [0.717, 1.165) is 18.5 Å². The summed E-state index contributed by atoms with van der Waals surface area (Å²) in [6.45, 7) is 6.56. The van der Waals surface area contributed by atoms with Crippen LogP contribution in [0.25, 0.3) is 0 Å². The molecule has 2 rings (SSSR count). The molecule has 128 valence electrons. The number of rotatable bonds is 5. The monoisotopic (exact) mass is 323 g/mol. The summed E-state index contributed by atoms with van der Waals surface area (Å²) in [5, 5.41) is 23.4. The molecule has 0 bridgehead atoms. The molecular formula is C16H25N3O4. The van der Waals surface area contributed by atoms with E-state index in [1.165, 1.54) is 0 Å². The maximum atomic E-state index is 12.6. The summed E-state index contributed by atoms with van der Waals surface area (Å²) in [5.41, 5.74) is -0.391. The van der Waals surface area contributed by atoms with Gasteiger partial charge in [-0.05, 0) is 25.8 Å². The van der Waals surface area contributed by atoms with Crippen molar-refractivity contribution in [3.05, 3.63) is 17.5 Å². The zero-order chi connectivity index (χ0) is 17.2. The Kier molecular flexibility index (Phi) is 5.09. The van der Waals surface area contributed by atoms with E-state index in [2.05, 4.69) is 18.9 Å². The Morgan fingerprint density at radius 2 is 1.87 bits per heavy atom. The molecule has 7 nitrogen and oxygen atoms in total. The molecule has 2 heterocycles. The number of hydrogen-bond donors (Lipinski definition) is 2. The fraction of sp³-hybridized carbons (Fsp3) is 0.688. The lowest BCUT2D eigenvalue weighted by atomic mass is 9.91. The number of likely N-dealkylation sites (tertiary alicyclic amines) is 1. The van der Waals surface area contributed by atoms with Gasteiger partial charge in [-0.3, -0.25) is 9.48 Å². The van der Waals surface area contributed by atoms with E-state index in [0.29, 0.717) is 5.69 Å². The van der Waals surface area contributed by atoms with Crippen molar-refractivity contribution in [2.45, 2.75) is 58.1 Å². The number of aliphatic hydroxyl groups is 1. The highest BCUT2D eigenvalue weighted by Crippen LogP contribution is 2.24. The van der Waals surface area contributed by atoms with Crippen LogP contribution in [0.4, 0.5) is 0 Å². The minimum atomic E-state index is -1.72. The third-order valence-corrected chi connectivity index (χ3v) is 4.71. The average molecular weight is 323 g/mol. The second-order valence-corrected chi connectivity index (χ2v) is 6.21. The molecule has 1 saturated heterocycles. The van der Waals surface area contributed by atoms with Crippen LogP contribution >= 0.6 is 0 Å². The van der Waals surface area contributed by atoms with Crippen LogP contribution in [-0.2, 0) is 4.79 Å².